The fraction of sp³-hybridized carbons (Fsp3) is 0.360. The Balaban J connectivity index is 1.38. The van der Waals surface area contributed by atoms with E-state index in [-0.39, 0.29) is 17.5 Å². The van der Waals surface area contributed by atoms with Crippen LogP contribution in [0.3, 0.4) is 0 Å². The molecule has 0 aliphatic carbocycles. The highest BCUT2D eigenvalue weighted by Gasteiger charge is 2.17. The van der Waals surface area contributed by atoms with Crippen molar-refractivity contribution in [3.8, 4) is 11.4 Å². The minimum Gasteiger partial charge on any atom is -0.379 e. The third-order valence-corrected chi connectivity index (χ3v) is 6.67. The van der Waals surface area contributed by atoms with Crippen LogP contribution in [-0.2, 0) is 16.1 Å². The number of Topliss-reactive ketones (excluding diaryl/α,β-unsaturated/α-hetero) is 1. The van der Waals surface area contributed by atoms with E-state index in [1.165, 1.54) is 30.8 Å². The van der Waals surface area contributed by atoms with Gasteiger partial charge in [-0.15, -0.1) is 10.2 Å². The average Bonchev–Trinajstić information content (AvgIpc) is 3.26. The van der Waals surface area contributed by atoms with E-state index in [1.54, 1.807) is 36.4 Å². The molecule has 10 heteroatoms. The molecule has 35 heavy (non-hydrogen) atoms. The molecule has 184 valence electrons. The number of morpholine rings is 1. The number of ether oxygens (including phenoxy) is 1. The molecule has 2 aromatic carbocycles. The van der Waals surface area contributed by atoms with E-state index in [0.29, 0.717) is 35.8 Å². The second-order valence-corrected chi connectivity index (χ2v) is 9.26. The summed E-state index contributed by atoms with van der Waals surface area (Å²) in [6, 6.07) is 13.1. The zero-order valence-corrected chi connectivity index (χ0v) is 20.4. The molecule has 8 nitrogen and oxygen atoms in total. The highest BCUT2D eigenvalue weighted by molar-refractivity contribution is 7.99. The summed E-state index contributed by atoms with van der Waals surface area (Å²) in [6.45, 7) is 6.21. The van der Waals surface area contributed by atoms with Crippen LogP contribution in [0.2, 0.25) is 0 Å². The van der Waals surface area contributed by atoms with Crippen molar-refractivity contribution in [2.24, 2.45) is 0 Å². The number of anilines is 1. The van der Waals surface area contributed by atoms with E-state index in [9.17, 15) is 14.0 Å². The molecule has 1 N–H and O–H groups in total. The smallest absolute Gasteiger partial charge is 0.225 e. The van der Waals surface area contributed by atoms with Gasteiger partial charge in [-0.05, 0) is 55.5 Å². The molecule has 0 radical (unpaired) electrons. The number of carbonyl (C=O) groups is 2. The Morgan fingerprint density at radius 2 is 1.74 bits per heavy atom. The van der Waals surface area contributed by atoms with Gasteiger partial charge in [0, 0.05) is 55.2 Å². The van der Waals surface area contributed by atoms with Crippen LogP contribution in [0, 0.1) is 5.82 Å². The predicted molar refractivity (Wildman–Crippen MR) is 133 cm³/mol. The van der Waals surface area contributed by atoms with Crippen LogP contribution in [-0.4, -0.2) is 70.0 Å². The van der Waals surface area contributed by atoms with Gasteiger partial charge < -0.3 is 14.6 Å². The first-order valence-electron chi connectivity index (χ1n) is 11.5. The number of rotatable bonds is 10. The van der Waals surface area contributed by atoms with Gasteiger partial charge in [0.15, 0.2) is 16.8 Å². The predicted octanol–water partition coefficient (Wildman–Crippen LogP) is 3.74. The summed E-state index contributed by atoms with van der Waals surface area (Å²) in [5.41, 5.74) is 2.05. The number of hydrogen-bond donors (Lipinski definition) is 1. The average molecular weight is 498 g/mol. The number of hydrogen-bond acceptors (Lipinski definition) is 7. The summed E-state index contributed by atoms with van der Waals surface area (Å²) in [5, 5.41) is 12.3. The first-order chi connectivity index (χ1) is 17.0. The van der Waals surface area contributed by atoms with Gasteiger partial charge in [-0.2, -0.15) is 0 Å². The largest absolute Gasteiger partial charge is 0.379 e. The number of ketones is 1. The topological polar surface area (TPSA) is 89.3 Å². The van der Waals surface area contributed by atoms with Crippen molar-refractivity contribution in [1.29, 1.82) is 0 Å². The first kappa shape index (κ1) is 25.0. The van der Waals surface area contributed by atoms with Gasteiger partial charge in [-0.1, -0.05) is 11.8 Å². The number of benzene rings is 2. The van der Waals surface area contributed by atoms with Crippen molar-refractivity contribution < 1.29 is 18.7 Å². The van der Waals surface area contributed by atoms with Crippen molar-refractivity contribution in [2.45, 2.75) is 25.0 Å². The normalized spacial score (nSPS) is 14.1. The number of nitrogens with one attached hydrogen (secondary N) is 1. The Labute approximate surface area is 207 Å². The zero-order chi connectivity index (χ0) is 24.6. The molecule has 0 atom stereocenters. The molecular weight excluding hydrogens is 469 g/mol. The van der Waals surface area contributed by atoms with Crippen LogP contribution in [0.5, 0.6) is 0 Å². The minimum atomic E-state index is -0.301. The molecule has 0 unspecified atom stereocenters. The van der Waals surface area contributed by atoms with E-state index in [4.69, 9.17) is 4.74 Å². The molecule has 0 spiro atoms. The van der Waals surface area contributed by atoms with Crippen molar-refractivity contribution in [3.63, 3.8) is 0 Å². The van der Waals surface area contributed by atoms with Crippen LogP contribution in [0.25, 0.3) is 11.4 Å². The summed E-state index contributed by atoms with van der Waals surface area (Å²) >= 11 is 1.46. The lowest BCUT2D eigenvalue weighted by molar-refractivity contribution is -0.115. The fourth-order valence-corrected chi connectivity index (χ4v) is 4.62. The Kier molecular flexibility index (Phi) is 8.62. The molecule has 1 aliphatic heterocycles. The second-order valence-electron chi connectivity index (χ2n) is 8.20. The molecular formula is C25H28FN5O3S. The van der Waals surface area contributed by atoms with Crippen LogP contribution in [0.1, 0.15) is 23.7 Å². The summed E-state index contributed by atoms with van der Waals surface area (Å²) in [5.74, 6) is 0.764. The van der Waals surface area contributed by atoms with Gasteiger partial charge in [-0.25, -0.2) is 4.39 Å². The molecule has 0 saturated carbocycles. The van der Waals surface area contributed by atoms with Crippen LogP contribution in [0.4, 0.5) is 10.1 Å². The number of carbonyl (C=O) groups excluding carboxylic acids is 2. The lowest BCUT2D eigenvalue weighted by Gasteiger charge is -2.27. The quantitative estimate of drug-likeness (QED) is 0.337. The third kappa shape index (κ3) is 6.97. The molecule has 1 aromatic heterocycles. The van der Waals surface area contributed by atoms with E-state index in [2.05, 4.69) is 20.4 Å². The molecule has 1 saturated heterocycles. The monoisotopic (exact) mass is 497 g/mol. The lowest BCUT2D eigenvalue weighted by atomic mass is 10.1. The Bertz CT molecular complexity index is 1140. The van der Waals surface area contributed by atoms with Crippen molar-refractivity contribution in [2.75, 3.05) is 43.9 Å². The maximum absolute atomic E-state index is 13.4. The summed E-state index contributed by atoms with van der Waals surface area (Å²) < 4.78 is 20.9. The number of thioether (sulfide) groups is 1. The lowest BCUT2D eigenvalue weighted by Crippen LogP contribution is -2.38. The Morgan fingerprint density at radius 3 is 2.43 bits per heavy atom. The maximum atomic E-state index is 13.4. The summed E-state index contributed by atoms with van der Waals surface area (Å²) in [4.78, 5) is 26.1. The molecule has 1 amide bonds. The van der Waals surface area contributed by atoms with Crippen molar-refractivity contribution in [3.05, 3.63) is 59.9 Å². The zero-order valence-electron chi connectivity index (χ0n) is 19.6. The van der Waals surface area contributed by atoms with Gasteiger partial charge >= 0.3 is 0 Å². The molecule has 0 bridgehead atoms. The van der Waals surface area contributed by atoms with Crippen LogP contribution < -0.4 is 5.32 Å². The molecule has 3 aromatic rings. The van der Waals surface area contributed by atoms with Gasteiger partial charge in [0.25, 0.3) is 0 Å². The van der Waals surface area contributed by atoms with E-state index < -0.39 is 0 Å². The van der Waals surface area contributed by atoms with Crippen molar-refractivity contribution in [1.82, 2.24) is 19.7 Å². The van der Waals surface area contributed by atoms with Gasteiger partial charge in [0.1, 0.15) is 5.82 Å². The fourth-order valence-electron chi connectivity index (χ4n) is 3.72. The number of nitrogens with zero attached hydrogens (tertiary/aromatic N) is 4. The van der Waals surface area contributed by atoms with E-state index in [0.717, 1.165) is 43.6 Å². The van der Waals surface area contributed by atoms with Crippen LogP contribution in [0.15, 0.2) is 53.7 Å². The maximum Gasteiger partial charge on any atom is 0.225 e. The second kappa shape index (κ2) is 12.1. The highest BCUT2D eigenvalue weighted by atomic mass is 32.2. The molecule has 4 rings (SSSR count). The number of amides is 1. The molecule has 2 heterocycles. The standard InChI is InChI=1S/C25H28FN5O3S/c1-18(32)19-4-8-22(9-5-19)27-23(33)10-17-35-25-29-28-24(20-2-6-21(26)7-3-20)31(25)12-11-30-13-15-34-16-14-30/h2-9H,10-17H2,1H3,(H,27,33). The summed E-state index contributed by atoms with van der Waals surface area (Å²) in [7, 11) is 0. The molecule has 1 fully saturated rings. The SMILES string of the molecule is CC(=O)c1ccc(NC(=O)CCSc2nnc(-c3ccc(F)cc3)n2CCN2CCOCC2)cc1. The third-order valence-electron chi connectivity index (χ3n) is 5.70. The van der Waals surface area contributed by atoms with E-state index >= 15 is 0 Å². The summed E-state index contributed by atoms with van der Waals surface area (Å²) in [6.07, 6.45) is 0.293. The Morgan fingerprint density at radius 1 is 1.03 bits per heavy atom. The number of halogens is 1. The van der Waals surface area contributed by atoms with Crippen molar-refractivity contribution >= 4 is 29.1 Å². The first-order valence-corrected chi connectivity index (χ1v) is 12.5. The highest BCUT2D eigenvalue weighted by Crippen LogP contribution is 2.25. The molecule has 1 aliphatic rings. The Hall–Kier alpha value is -3.08. The minimum absolute atomic E-state index is 0.0167. The van der Waals surface area contributed by atoms with Gasteiger partial charge in [0.05, 0.1) is 13.2 Å². The van der Waals surface area contributed by atoms with Gasteiger partial charge in [0.2, 0.25) is 5.91 Å². The van der Waals surface area contributed by atoms with Gasteiger partial charge in [-0.3, -0.25) is 14.5 Å². The van der Waals surface area contributed by atoms with E-state index in [1.807, 2.05) is 4.57 Å². The van der Waals surface area contributed by atoms with Crippen LogP contribution >= 0.6 is 11.8 Å². The number of aromatic nitrogens is 3.